The highest BCUT2D eigenvalue weighted by Gasteiger charge is 2.17. The molecule has 0 aliphatic heterocycles. The first-order chi connectivity index (χ1) is 10.1. The molecular formula is C13H11FN4O2S. The van der Waals surface area contributed by atoms with Crippen LogP contribution in [0.15, 0.2) is 22.7 Å². The normalized spacial score (nSPS) is 10.8. The minimum Gasteiger partial charge on any atom is -0.494 e. The minimum atomic E-state index is -0.448. The largest absolute Gasteiger partial charge is 0.494 e. The number of ether oxygens (including phenoxy) is 1. The highest BCUT2D eigenvalue weighted by Crippen LogP contribution is 2.32. The molecule has 0 fully saturated rings. The first-order valence-corrected chi connectivity index (χ1v) is 6.81. The molecule has 108 valence electrons. The van der Waals surface area contributed by atoms with E-state index in [1.165, 1.54) is 30.6 Å². The smallest absolute Gasteiger partial charge is 0.270 e. The minimum absolute atomic E-state index is 0.122. The van der Waals surface area contributed by atoms with E-state index in [1.807, 2.05) is 6.92 Å². The molecule has 0 spiro atoms. The zero-order chi connectivity index (χ0) is 15.0. The summed E-state index contributed by atoms with van der Waals surface area (Å²) in [5.74, 6) is 0.350. The Morgan fingerprint density at radius 2 is 2.14 bits per heavy atom. The van der Waals surface area contributed by atoms with E-state index < -0.39 is 5.82 Å². The number of nitrogens with zero attached hydrogens (tertiary/aromatic N) is 3. The van der Waals surface area contributed by atoms with Gasteiger partial charge in [0.1, 0.15) is 4.88 Å². The van der Waals surface area contributed by atoms with Crippen LogP contribution in [0, 0.1) is 12.7 Å². The maximum absolute atomic E-state index is 13.4. The summed E-state index contributed by atoms with van der Waals surface area (Å²) in [6, 6.07) is 4.36. The number of benzene rings is 1. The fraction of sp³-hybridized carbons (Fsp3) is 0.154. The van der Waals surface area contributed by atoms with E-state index in [9.17, 15) is 4.39 Å². The van der Waals surface area contributed by atoms with Crippen molar-refractivity contribution in [1.29, 1.82) is 0 Å². The molecule has 0 saturated carbocycles. The van der Waals surface area contributed by atoms with Crippen molar-refractivity contribution in [3.63, 3.8) is 0 Å². The Bertz CT molecular complexity index is 799. The molecule has 3 rings (SSSR count). The SMILES string of the molecule is COc1cc(-c2noc(-c3sc(N)nc3C)n2)ccc1F. The van der Waals surface area contributed by atoms with Crippen molar-refractivity contribution in [2.24, 2.45) is 0 Å². The summed E-state index contributed by atoms with van der Waals surface area (Å²) in [6.07, 6.45) is 0. The van der Waals surface area contributed by atoms with E-state index in [0.29, 0.717) is 22.4 Å². The molecule has 1 aromatic carbocycles. The van der Waals surface area contributed by atoms with E-state index in [-0.39, 0.29) is 5.75 Å². The van der Waals surface area contributed by atoms with Crippen molar-refractivity contribution in [1.82, 2.24) is 15.1 Å². The van der Waals surface area contributed by atoms with Gasteiger partial charge in [0, 0.05) is 5.56 Å². The Hall–Kier alpha value is -2.48. The van der Waals surface area contributed by atoms with Crippen LogP contribution in [-0.4, -0.2) is 22.2 Å². The lowest BCUT2D eigenvalue weighted by Gasteiger charge is -2.02. The molecule has 3 aromatic rings. The third kappa shape index (κ3) is 2.45. The third-order valence-electron chi connectivity index (χ3n) is 2.84. The Morgan fingerprint density at radius 1 is 1.33 bits per heavy atom. The molecule has 0 amide bonds. The van der Waals surface area contributed by atoms with E-state index in [0.717, 1.165) is 10.6 Å². The molecule has 0 aliphatic rings. The number of aromatic nitrogens is 3. The summed E-state index contributed by atoms with van der Waals surface area (Å²) in [5.41, 5.74) is 6.97. The second kappa shape index (κ2) is 5.13. The van der Waals surface area contributed by atoms with Crippen molar-refractivity contribution in [3.05, 3.63) is 29.7 Å². The lowest BCUT2D eigenvalue weighted by atomic mass is 10.2. The number of anilines is 1. The van der Waals surface area contributed by atoms with Gasteiger partial charge in [0.15, 0.2) is 16.7 Å². The van der Waals surface area contributed by atoms with Gasteiger partial charge in [0.05, 0.1) is 12.8 Å². The summed E-state index contributed by atoms with van der Waals surface area (Å²) in [5, 5.41) is 4.33. The maximum Gasteiger partial charge on any atom is 0.270 e. The molecule has 0 atom stereocenters. The monoisotopic (exact) mass is 306 g/mol. The Kier molecular flexibility index (Phi) is 3.30. The molecule has 21 heavy (non-hydrogen) atoms. The zero-order valence-corrected chi connectivity index (χ0v) is 12.1. The number of nitrogens with two attached hydrogens (primary N) is 1. The number of rotatable bonds is 3. The molecule has 0 aliphatic carbocycles. The van der Waals surface area contributed by atoms with Gasteiger partial charge in [-0.05, 0) is 25.1 Å². The van der Waals surface area contributed by atoms with Gasteiger partial charge in [-0.2, -0.15) is 4.98 Å². The number of aryl methyl sites for hydroxylation is 1. The van der Waals surface area contributed by atoms with Crippen molar-refractivity contribution >= 4 is 16.5 Å². The lowest BCUT2D eigenvalue weighted by Crippen LogP contribution is -1.89. The summed E-state index contributed by atoms with van der Waals surface area (Å²) in [6.45, 7) is 1.81. The number of halogens is 1. The van der Waals surface area contributed by atoms with Crippen LogP contribution in [0.25, 0.3) is 22.2 Å². The fourth-order valence-corrected chi connectivity index (χ4v) is 2.60. The first-order valence-electron chi connectivity index (χ1n) is 5.99. The van der Waals surface area contributed by atoms with Gasteiger partial charge in [-0.25, -0.2) is 9.37 Å². The Balaban J connectivity index is 2.00. The Labute approximate surface area is 123 Å². The van der Waals surface area contributed by atoms with Gasteiger partial charge in [-0.3, -0.25) is 0 Å². The molecule has 0 bridgehead atoms. The molecule has 2 heterocycles. The van der Waals surface area contributed by atoms with Gasteiger partial charge in [-0.15, -0.1) is 0 Å². The van der Waals surface area contributed by atoms with E-state index in [4.69, 9.17) is 15.0 Å². The van der Waals surface area contributed by atoms with Gasteiger partial charge in [-0.1, -0.05) is 16.5 Å². The van der Waals surface area contributed by atoms with Crippen molar-refractivity contribution in [2.75, 3.05) is 12.8 Å². The predicted molar refractivity (Wildman–Crippen MR) is 76.5 cm³/mol. The van der Waals surface area contributed by atoms with Crippen LogP contribution in [0.1, 0.15) is 5.69 Å². The quantitative estimate of drug-likeness (QED) is 0.800. The Morgan fingerprint density at radius 3 is 2.81 bits per heavy atom. The molecule has 6 nitrogen and oxygen atoms in total. The van der Waals surface area contributed by atoms with Crippen LogP contribution in [0.4, 0.5) is 9.52 Å². The van der Waals surface area contributed by atoms with E-state index in [1.54, 1.807) is 6.07 Å². The zero-order valence-electron chi connectivity index (χ0n) is 11.3. The molecular weight excluding hydrogens is 295 g/mol. The van der Waals surface area contributed by atoms with Crippen LogP contribution >= 0.6 is 11.3 Å². The second-order valence-corrected chi connectivity index (χ2v) is 5.27. The van der Waals surface area contributed by atoms with Gasteiger partial charge >= 0.3 is 0 Å². The van der Waals surface area contributed by atoms with E-state index in [2.05, 4.69) is 15.1 Å². The lowest BCUT2D eigenvalue weighted by molar-refractivity contribution is 0.386. The molecule has 2 aromatic heterocycles. The molecule has 0 radical (unpaired) electrons. The number of methoxy groups -OCH3 is 1. The van der Waals surface area contributed by atoms with Gasteiger partial charge < -0.3 is 15.0 Å². The van der Waals surface area contributed by atoms with Crippen LogP contribution < -0.4 is 10.5 Å². The van der Waals surface area contributed by atoms with E-state index >= 15 is 0 Å². The molecule has 8 heteroatoms. The van der Waals surface area contributed by atoms with Crippen LogP contribution in [0.3, 0.4) is 0 Å². The highest BCUT2D eigenvalue weighted by atomic mass is 32.1. The highest BCUT2D eigenvalue weighted by molar-refractivity contribution is 7.18. The summed E-state index contributed by atoms with van der Waals surface area (Å²) in [7, 11) is 1.40. The number of hydrogen-bond donors (Lipinski definition) is 1. The van der Waals surface area contributed by atoms with Gasteiger partial charge in [0.2, 0.25) is 5.82 Å². The number of hydrogen-bond acceptors (Lipinski definition) is 7. The average Bonchev–Trinajstić information content (AvgIpc) is 3.06. The number of nitrogen functional groups attached to an aromatic ring is 1. The fourth-order valence-electron chi connectivity index (χ4n) is 1.85. The first kappa shape index (κ1) is 13.5. The average molecular weight is 306 g/mol. The molecule has 0 saturated heterocycles. The summed E-state index contributed by atoms with van der Waals surface area (Å²) < 4.78 is 23.6. The van der Waals surface area contributed by atoms with Crippen LogP contribution in [-0.2, 0) is 0 Å². The molecule has 2 N–H and O–H groups in total. The van der Waals surface area contributed by atoms with Crippen molar-refractivity contribution in [3.8, 4) is 27.9 Å². The summed E-state index contributed by atoms with van der Waals surface area (Å²) >= 11 is 1.27. The predicted octanol–water partition coefficient (Wildman–Crippen LogP) is 2.90. The summed E-state index contributed by atoms with van der Waals surface area (Å²) in [4.78, 5) is 9.12. The maximum atomic E-state index is 13.4. The molecule has 0 unspecified atom stereocenters. The van der Waals surface area contributed by atoms with Gasteiger partial charge in [0.25, 0.3) is 5.89 Å². The van der Waals surface area contributed by atoms with Crippen LogP contribution in [0.2, 0.25) is 0 Å². The van der Waals surface area contributed by atoms with Crippen molar-refractivity contribution < 1.29 is 13.7 Å². The van der Waals surface area contributed by atoms with Crippen molar-refractivity contribution in [2.45, 2.75) is 6.92 Å². The topological polar surface area (TPSA) is 87.1 Å². The van der Waals surface area contributed by atoms with Crippen LogP contribution in [0.5, 0.6) is 5.75 Å². The second-order valence-electron chi connectivity index (χ2n) is 4.24. The third-order valence-corrected chi connectivity index (χ3v) is 3.82. The standard InChI is InChI=1S/C13H11FN4O2S/c1-6-10(21-13(15)16-6)12-17-11(18-20-12)7-3-4-8(14)9(5-7)19-2/h3-5H,1-2H3,(H2,15,16). The number of thiazole rings is 1.